The summed E-state index contributed by atoms with van der Waals surface area (Å²) in [6.07, 6.45) is -3.93. The molecular formula is C26H32O8. The number of methoxy groups -OCH3 is 2. The van der Waals surface area contributed by atoms with E-state index in [0.717, 1.165) is 5.56 Å². The zero-order valence-corrected chi connectivity index (χ0v) is 19.7. The van der Waals surface area contributed by atoms with Crippen molar-refractivity contribution >= 4 is 11.9 Å². The lowest BCUT2D eigenvalue weighted by Gasteiger charge is -2.31. The number of rotatable bonds is 11. The van der Waals surface area contributed by atoms with E-state index in [1.807, 2.05) is 30.3 Å². The molecule has 2 aromatic rings. The first-order chi connectivity index (χ1) is 16.5. The van der Waals surface area contributed by atoms with Crippen LogP contribution in [0, 0.1) is 11.8 Å². The van der Waals surface area contributed by atoms with E-state index < -0.39 is 48.4 Å². The van der Waals surface area contributed by atoms with Crippen LogP contribution in [0.25, 0.3) is 0 Å². The maximum atomic E-state index is 13.0. The number of esters is 2. The summed E-state index contributed by atoms with van der Waals surface area (Å²) in [5.74, 6) is -2.40. The van der Waals surface area contributed by atoms with Gasteiger partial charge in [-0.25, -0.2) is 4.79 Å². The molecule has 8 nitrogen and oxygen atoms in total. The average molecular weight is 473 g/mol. The number of ether oxygens (including phenoxy) is 5. The van der Waals surface area contributed by atoms with E-state index in [9.17, 15) is 14.7 Å². The van der Waals surface area contributed by atoms with Crippen molar-refractivity contribution < 1.29 is 38.4 Å². The van der Waals surface area contributed by atoms with Crippen molar-refractivity contribution in [1.82, 2.24) is 0 Å². The summed E-state index contributed by atoms with van der Waals surface area (Å²) in [5, 5.41) is 11.3. The van der Waals surface area contributed by atoms with Crippen LogP contribution in [0.1, 0.15) is 29.3 Å². The van der Waals surface area contributed by atoms with E-state index in [-0.39, 0.29) is 19.6 Å². The molecule has 1 aliphatic carbocycles. The minimum atomic E-state index is -1.13. The Morgan fingerprint density at radius 1 is 0.941 bits per heavy atom. The van der Waals surface area contributed by atoms with E-state index in [1.165, 1.54) is 14.2 Å². The highest BCUT2D eigenvalue weighted by molar-refractivity contribution is 5.89. The van der Waals surface area contributed by atoms with Crippen LogP contribution in [0.3, 0.4) is 0 Å². The van der Waals surface area contributed by atoms with Crippen molar-refractivity contribution in [3.8, 4) is 0 Å². The Hall–Kier alpha value is -2.78. The minimum absolute atomic E-state index is 0.104. The van der Waals surface area contributed by atoms with Gasteiger partial charge in [-0.2, -0.15) is 0 Å². The van der Waals surface area contributed by atoms with Gasteiger partial charge >= 0.3 is 11.9 Å². The first-order valence-corrected chi connectivity index (χ1v) is 11.3. The molecule has 0 aliphatic heterocycles. The number of aliphatic hydroxyl groups excluding tert-OH is 1. The molecule has 2 aromatic carbocycles. The normalized spacial score (nSPS) is 24.2. The number of carbonyl (C=O) groups excluding carboxylic acids is 2. The molecule has 0 bridgehead atoms. The first kappa shape index (κ1) is 25.8. The number of hydrogen-bond donors (Lipinski definition) is 1. The Bertz CT molecular complexity index is 900. The van der Waals surface area contributed by atoms with Gasteiger partial charge in [0.15, 0.2) is 6.29 Å². The molecule has 0 unspecified atom stereocenters. The van der Waals surface area contributed by atoms with Gasteiger partial charge in [0, 0.05) is 20.1 Å². The van der Waals surface area contributed by atoms with Gasteiger partial charge < -0.3 is 28.8 Å². The van der Waals surface area contributed by atoms with Gasteiger partial charge in [0.05, 0.1) is 37.2 Å². The number of carbonyl (C=O) groups is 2. The van der Waals surface area contributed by atoms with Crippen molar-refractivity contribution in [2.45, 2.75) is 44.6 Å². The summed E-state index contributed by atoms with van der Waals surface area (Å²) in [5.41, 5.74) is 1.25. The highest BCUT2D eigenvalue weighted by Gasteiger charge is 2.56. The summed E-state index contributed by atoms with van der Waals surface area (Å²) in [6, 6.07) is 18.0. The highest BCUT2D eigenvalue weighted by atomic mass is 16.7. The molecule has 0 amide bonds. The monoisotopic (exact) mass is 472 g/mol. The summed E-state index contributed by atoms with van der Waals surface area (Å²) in [6.45, 7) is 2.11. The second-order valence-electron chi connectivity index (χ2n) is 8.08. The molecule has 0 radical (unpaired) electrons. The quantitative estimate of drug-likeness (QED) is 0.394. The van der Waals surface area contributed by atoms with Crippen molar-refractivity contribution in [2.75, 3.05) is 20.8 Å². The van der Waals surface area contributed by atoms with Crippen molar-refractivity contribution in [3.05, 3.63) is 71.8 Å². The van der Waals surface area contributed by atoms with Crippen LogP contribution < -0.4 is 0 Å². The summed E-state index contributed by atoms with van der Waals surface area (Å²) in [7, 11) is 2.91. The molecule has 3 rings (SSSR count). The molecule has 184 valence electrons. The van der Waals surface area contributed by atoms with Crippen LogP contribution in [-0.2, 0) is 35.1 Å². The van der Waals surface area contributed by atoms with E-state index in [1.54, 1.807) is 37.3 Å². The van der Waals surface area contributed by atoms with Gasteiger partial charge in [0.1, 0.15) is 12.2 Å². The molecule has 0 heterocycles. The third kappa shape index (κ3) is 6.21. The molecule has 1 N–H and O–H groups in total. The highest BCUT2D eigenvalue weighted by Crippen LogP contribution is 2.42. The number of aliphatic hydroxyl groups is 1. The predicted molar refractivity (Wildman–Crippen MR) is 123 cm³/mol. The predicted octanol–water partition coefficient (Wildman–Crippen LogP) is 2.98. The van der Waals surface area contributed by atoms with Gasteiger partial charge in [-0.1, -0.05) is 48.5 Å². The average Bonchev–Trinajstić information content (AvgIpc) is 3.10. The summed E-state index contributed by atoms with van der Waals surface area (Å²) < 4.78 is 28.1. The maximum absolute atomic E-state index is 13.0. The van der Waals surface area contributed by atoms with Crippen molar-refractivity contribution in [2.24, 2.45) is 11.8 Å². The van der Waals surface area contributed by atoms with E-state index in [4.69, 9.17) is 23.7 Å². The number of hydrogen-bond acceptors (Lipinski definition) is 8. The Labute approximate surface area is 199 Å². The molecule has 8 heteroatoms. The van der Waals surface area contributed by atoms with E-state index in [0.29, 0.717) is 5.56 Å². The van der Waals surface area contributed by atoms with Gasteiger partial charge in [-0.05, 0) is 24.6 Å². The maximum Gasteiger partial charge on any atom is 0.338 e. The fourth-order valence-corrected chi connectivity index (χ4v) is 4.44. The zero-order chi connectivity index (χ0) is 24.5. The minimum Gasteiger partial charge on any atom is -0.466 e. The lowest BCUT2D eigenvalue weighted by Crippen LogP contribution is -2.42. The molecule has 1 saturated carbocycles. The van der Waals surface area contributed by atoms with Gasteiger partial charge in [0.25, 0.3) is 0 Å². The second kappa shape index (κ2) is 12.6. The molecule has 5 atom stereocenters. The molecule has 0 saturated heterocycles. The van der Waals surface area contributed by atoms with E-state index in [2.05, 4.69) is 0 Å². The largest absolute Gasteiger partial charge is 0.466 e. The topological polar surface area (TPSA) is 101 Å². The fourth-order valence-electron chi connectivity index (χ4n) is 4.44. The first-order valence-electron chi connectivity index (χ1n) is 11.3. The van der Waals surface area contributed by atoms with Crippen molar-refractivity contribution in [1.29, 1.82) is 0 Å². The summed E-state index contributed by atoms with van der Waals surface area (Å²) >= 11 is 0. The fraction of sp³-hybridized carbons (Fsp3) is 0.462. The number of benzene rings is 2. The standard InChI is InChI=1S/C26H32O8/c1-4-32-20(27)15-19-21(26(30-2)31-3)23(34-25(29)18-13-9-6-10-14-18)24(22(19)28)33-16-17-11-7-5-8-12-17/h5-14,19,21-24,26,28H,4,15-16H2,1-3H3/t19-,21+,22-,23-,24-/m1/s1. The third-order valence-electron chi connectivity index (χ3n) is 6.00. The Kier molecular flexibility index (Phi) is 9.59. The molecule has 0 spiro atoms. The van der Waals surface area contributed by atoms with Gasteiger partial charge in [0.2, 0.25) is 0 Å². The van der Waals surface area contributed by atoms with Crippen molar-refractivity contribution in [3.63, 3.8) is 0 Å². The van der Waals surface area contributed by atoms with Crippen LogP contribution in [-0.4, -0.2) is 62.5 Å². The Balaban J connectivity index is 1.92. The lowest BCUT2D eigenvalue weighted by molar-refractivity contribution is -0.175. The third-order valence-corrected chi connectivity index (χ3v) is 6.00. The Morgan fingerprint density at radius 3 is 2.15 bits per heavy atom. The molecule has 0 aromatic heterocycles. The van der Waals surface area contributed by atoms with Gasteiger partial charge in [-0.3, -0.25) is 4.79 Å². The van der Waals surface area contributed by atoms with Crippen LogP contribution >= 0.6 is 0 Å². The molecule has 34 heavy (non-hydrogen) atoms. The molecule has 1 aliphatic rings. The second-order valence-corrected chi connectivity index (χ2v) is 8.08. The smallest absolute Gasteiger partial charge is 0.338 e. The molecular weight excluding hydrogens is 440 g/mol. The van der Waals surface area contributed by atoms with E-state index >= 15 is 0 Å². The zero-order valence-electron chi connectivity index (χ0n) is 19.7. The van der Waals surface area contributed by atoms with Gasteiger partial charge in [-0.15, -0.1) is 0 Å². The lowest BCUT2D eigenvalue weighted by atomic mass is 9.90. The molecule has 1 fully saturated rings. The summed E-state index contributed by atoms with van der Waals surface area (Å²) in [4.78, 5) is 25.3. The van der Waals surface area contributed by atoms with Crippen LogP contribution in [0.15, 0.2) is 60.7 Å². The van der Waals surface area contributed by atoms with Crippen LogP contribution in [0.2, 0.25) is 0 Å². The van der Waals surface area contributed by atoms with Crippen LogP contribution in [0.5, 0.6) is 0 Å². The SMILES string of the molecule is CCOC(=O)C[C@H]1[C@@H](O)[C@@H](OCc2ccccc2)[C@H](OC(=O)c2ccccc2)[C@H]1C(OC)OC. The Morgan fingerprint density at radius 2 is 1.56 bits per heavy atom. The van der Waals surface area contributed by atoms with Crippen LogP contribution in [0.4, 0.5) is 0 Å².